The topological polar surface area (TPSA) is 16.3 Å². The summed E-state index contributed by atoms with van der Waals surface area (Å²) in [6.07, 6.45) is 12.6. The van der Waals surface area contributed by atoms with Gasteiger partial charge in [-0.15, -0.1) is 0 Å². The van der Waals surface area contributed by atoms with E-state index in [2.05, 4.69) is 257 Å². The molecule has 0 saturated carbocycles. The Kier molecular flexibility index (Phi) is 8.92. The lowest BCUT2D eigenvalue weighted by Gasteiger charge is -2.43. The second-order valence-electron chi connectivity index (χ2n) is 21.1. The van der Waals surface area contributed by atoms with Gasteiger partial charge < -0.3 is 18.9 Å². The van der Waals surface area contributed by atoms with Gasteiger partial charge in [0.15, 0.2) is 0 Å². The smallest absolute Gasteiger partial charge is 0.0850 e. The Bertz CT molecular complexity index is 4430. The summed E-state index contributed by atoms with van der Waals surface area (Å²) < 4.78 is 5.15. The highest BCUT2D eigenvalue weighted by Crippen LogP contribution is 2.55. The zero-order valence-corrected chi connectivity index (χ0v) is 41.5. The molecule has 4 nitrogen and oxygen atoms in total. The number of para-hydroxylation sites is 4. The number of aromatic nitrogens is 2. The number of nitrogens with zero attached hydrogens (tertiary/aromatic N) is 4. The molecular weight excluding hydrogens is 897 g/mol. The number of anilines is 3. The molecule has 4 heterocycles. The summed E-state index contributed by atoms with van der Waals surface area (Å²) in [7, 11) is 0. The quantitative estimate of drug-likeness (QED) is 0.171. The van der Waals surface area contributed by atoms with Gasteiger partial charge in [0.25, 0.3) is 0 Å². The maximum atomic E-state index is 2.84. The predicted molar refractivity (Wildman–Crippen MR) is 310 cm³/mol. The van der Waals surface area contributed by atoms with Gasteiger partial charge in [0, 0.05) is 55.7 Å². The SMILES string of the molecule is CC1=CC(N2c3cc(C4=Cc5c(c6c7ccccc7c7c8ccccc8n(-c8ccc(C)cc8)c7c6n5-c5ccccc5)CC4)ccc3C3=c4ccccc4=C4c5ccccc5N(c5ccccc5)[C@@H]4C32)CC=C1. The normalized spacial score (nSPS) is 18.4. The van der Waals surface area contributed by atoms with Crippen LogP contribution >= 0.6 is 0 Å². The lowest BCUT2D eigenvalue weighted by molar-refractivity contribution is 0.596. The van der Waals surface area contributed by atoms with Gasteiger partial charge in [0.05, 0.1) is 40.4 Å². The van der Waals surface area contributed by atoms with Gasteiger partial charge in [-0.2, -0.15) is 0 Å². The summed E-state index contributed by atoms with van der Waals surface area (Å²) in [5, 5.41) is 9.26. The third kappa shape index (κ3) is 5.79. The first-order valence-corrected chi connectivity index (χ1v) is 26.5. The molecule has 0 N–H and O–H groups in total. The molecule has 11 aromatic rings. The molecule has 2 unspecified atom stereocenters. The summed E-state index contributed by atoms with van der Waals surface area (Å²) in [6.45, 7) is 4.45. The van der Waals surface area contributed by atoms with Crippen LogP contribution in [0.3, 0.4) is 0 Å². The maximum absolute atomic E-state index is 2.84. The lowest BCUT2D eigenvalue weighted by atomic mass is 9.82. The van der Waals surface area contributed by atoms with Crippen molar-refractivity contribution in [3.63, 3.8) is 0 Å². The van der Waals surface area contributed by atoms with Crippen LogP contribution in [0.25, 0.3) is 77.7 Å². The van der Waals surface area contributed by atoms with Crippen LogP contribution in [0.4, 0.5) is 17.1 Å². The van der Waals surface area contributed by atoms with Crippen molar-refractivity contribution in [1.82, 2.24) is 9.13 Å². The van der Waals surface area contributed by atoms with E-state index in [-0.39, 0.29) is 18.1 Å². The number of hydrogen-bond donors (Lipinski definition) is 0. The van der Waals surface area contributed by atoms with Gasteiger partial charge in [-0.05, 0) is 143 Å². The van der Waals surface area contributed by atoms with Crippen LogP contribution in [0.15, 0.2) is 224 Å². The number of benzene rings is 9. The molecule has 9 aromatic carbocycles. The second kappa shape index (κ2) is 15.8. The summed E-state index contributed by atoms with van der Waals surface area (Å²) >= 11 is 0. The zero-order valence-electron chi connectivity index (χ0n) is 41.5. The van der Waals surface area contributed by atoms with Crippen molar-refractivity contribution in [3.05, 3.63) is 268 Å². The molecule has 0 amide bonds. The molecule has 352 valence electrons. The lowest BCUT2D eigenvalue weighted by Crippen LogP contribution is -2.56. The van der Waals surface area contributed by atoms with E-state index in [9.17, 15) is 0 Å². The molecular formula is C70H52N4. The molecule has 3 aliphatic carbocycles. The van der Waals surface area contributed by atoms with Crippen LogP contribution < -0.4 is 20.2 Å². The number of rotatable bonds is 5. The first-order chi connectivity index (χ1) is 36.6. The Morgan fingerprint density at radius 2 is 1.11 bits per heavy atom. The molecule has 0 saturated heterocycles. The molecule has 4 heteroatoms. The summed E-state index contributed by atoms with van der Waals surface area (Å²) in [5.74, 6) is 0. The van der Waals surface area contributed by atoms with E-state index in [1.165, 1.54) is 138 Å². The van der Waals surface area contributed by atoms with Gasteiger partial charge in [0.1, 0.15) is 0 Å². The molecule has 0 radical (unpaired) electrons. The van der Waals surface area contributed by atoms with Gasteiger partial charge >= 0.3 is 0 Å². The van der Waals surface area contributed by atoms with Crippen molar-refractivity contribution in [3.8, 4) is 11.4 Å². The van der Waals surface area contributed by atoms with Crippen LogP contribution in [0.1, 0.15) is 53.3 Å². The molecule has 0 bridgehead atoms. The highest BCUT2D eigenvalue weighted by atomic mass is 15.3. The number of fused-ring (bicyclic) bond motifs is 18. The van der Waals surface area contributed by atoms with Gasteiger partial charge in [-0.25, -0.2) is 0 Å². The molecule has 0 fully saturated rings. The standard InChI is InChI=1S/C70H52N4/c1-43-32-36-49(37-33-43)72-60-31-16-14-29-56(60)63-51-24-9-11-26-53(51)65-57-38-34-45(41-61(57)73(69(65)67(63)72)48-21-7-4-8-22-48)46-35-39-58-62(42-46)74(50-23-17-18-44(2)40-50)70-66(58)54-27-12-10-25-52(54)64-55-28-13-15-30-59(55)71(68(64)70)47-19-5-3-6-20-47/h3-22,24-33,35-37,39-42,50,68,70H,23,34,38H2,1-2H3/t50?,68-,70?/m0/s1. The Hall–Kier alpha value is -8.86. The minimum absolute atomic E-state index is 0.0651. The number of hydrogen-bond acceptors (Lipinski definition) is 2. The van der Waals surface area contributed by atoms with E-state index >= 15 is 0 Å². The first-order valence-electron chi connectivity index (χ1n) is 26.5. The van der Waals surface area contributed by atoms with E-state index in [1.54, 1.807) is 0 Å². The van der Waals surface area contributed by atoms with Crippen molar-refractivity contribution in [2.45, 2.75) is 51.2 Å². The summed E-state index contributed by atoms with van der Waals surface area (Å²) in [4.78, 5) is 5.50. The second-order valence-corrected chi connectivity index (χ2v) is 21.1. The van der Waals surface area contributed by atoms with Gasteiger partial charge in [0.2, 0.25) is 0 Å². The maximum Gasteiger partial charge on any atom is 0.0850 e. The average Bonchev–Trinajstić information content (AvgIpc) is 4.26. The van der Waals surface area contributed by atoms with E-state index in [0.29, 0.717) is 0 Å². The van der Waals surface area contributed by atoms with Crippen LogP contribution in [0.2, 0.25) is 0 Å². The minimum atomic E-state index is 0.0651. The molecule has 5 aliphatic rings. The molecule has 3 atom stereocenters. The third-order valence-electron chi connectivity index (χ3n) is 17.1. The highest BCUT2D eigenvalue weighted by Gasteiger charge is 2.51. The first kappa shape index (κ1) is 41.7. The van der Waals surface area contributed by atoms with E-state index < -0.39 is 0 Å². The fraction of sp³-hybridized carbons (Fsp3) is 0.114. The van der Waals surface area contributed by atoms with Crippen molar-refractivity contribution in [2.24, 2.45) is 0 Å². The fourth-order valence-corrected chi connectivity index (χ4v) is 14.2. The van der Waals surface area contributed by atoms with Crippen molar-refractivity contribution in [1.29, 1.82) is 0 Å². The van der Waals surface area contributed by atoms with E-state index in [4.69, 9.17) is 0 Å². The monoisotopic (exact) mass is 948 g/mol. The molecule has 0 spiro atoms. The number of aryl methyl sites for hydroxylation is 2. The predicted octanol–water partition coefficient (Wildman–Crippen LogP) is 15.1. The Labute approximate surface area is 430 Å². The Morgan fingerprint density at radius 3 is 1.88 bits per heavy atom. The van der Waals surface area contributed by atoms with Crippen LogP contribution in [-0.2, 0) is 6.42 Å². The Balaban J connectivity index is 0.958. The van der Waals surface area contributed by atoms with Crippen LogP contribution in [0.5, 0.6) is 0 Å². The fourth-order valence-electron chi connectivity index (χ4n) is 14.2. The van der Waals surface area contributed by atoms with Crippen LogP contribution in [0, 0.1) is 6.92 Å². The largest absolute Gasteiger partial charge is 0.355 e. The van der Waals surface area contributed by atoms with Crippen molar-refractivity contribution in [2.75, 3.05) is 9.80 Å². The third-order valence-corrected chi connectivity index (χ3v) is 17.1. The number of allylic oxidation sites excluding steroid dienone is 3. The average molecular weight is 949 g/mol. The van der Waals surface area contributed by atoms with Gasteiger partial charge in [-0.1, -0.05) is 175 Å². The van der Waals surface area contributed by atoms with Gasteiger partial charge in [-0.3, -0.25) is 0 Å². The van der Waals surface area contributed by atoms with E-state index in [1.807, 2.05) is 0 Å². The molecule has 2 aromatic heterocycles. The van der Waals surface area contributed by atoms with Crippen molar-refractivity contribution >= 4 is 83.3 Å². The summed E-state index contributed by atoms with van der Waals surface area (Å²) in [5.41, 5.74) is 23.4. The zero-order chi connectivity index (χ0) is 48.8. The minimum Gasteiger partial charge on any atom is -0.355 e. The molecule has 16 rings (SSSR count). The Morgan fingerprint density at radius 1 is 0.486 bits per heavy atom. The van der Waals surface area contributed by atoms with Crippen molar-refractivity contribution < 1.29 is 0 Å². The summed E-state index contributed by atoms with van der Waals surface area (Å²) in [6, 6.07) is 75.8. The van der Waals surface area contributed by atoms with Crippen LogP contribution in [-0.4, -0.2) is 27.3 Å². The highest BCUT2D eigenvalue weighted by molar-refractivity contribution is 6.33. The van der Waals surface area contributed by atoms with E-state index in [0.717, 1.165) is 19.3 Å². The molecule has 2 aliphatic heterocycles. The molecule has 74 heavy (non-hydrogen) atoms.